The fourth-order valence-corrected chi connectivity index (χ4v) is 3.29. The van der Waals surface area contributed by atoms with E-state index in [1.165, 1.54) is 36.4 Å². The summed E-state index contributed by atoms with van der Waals surface area (Å²) < 4.78 is 59.1. The Morgan fingerprint density at radius 1 is 1.07 bits per heavy atom. The first-order valence-electron chi connectivity index (χ1n) is 8.94. The highest BCUT2D eigenvalue weighted by Gasteiger charge is 2.48. The summed E-state index contributed by atoms with van der Waals surface area (Å²) in [6, 6.07) is 9.88. The van der Waals surface area contributed by atoms with Crippen LogP contribution in [0.1, 0.15) is 5.56 Å². The van der Waals surface area contributed by atoms with E-state index in [1.807, 2.05) is 0 Å². The van der Waals surface area contributed by atoms with Gasteiger partial charge >= 0.3 is 6.18 Å². The molecule has 1 amide bonds. The summed E-state index contributed by atoms with van der Waals surface area (Å²) >= 11 is 5.77. The van der Waals surface area contributed by atoms with Gasteiger partial charge in [0, 0.05) is 31.2 Å². The van der Waals surface area contributed by atoms with Gasteiger partial charge in [0.1, 0.15) is 17.6 Å². The molecular formula is C20H19ClF4N2O2. The molecule has 1 aliphatic rings. The van der Waals surface area contributed by atoms with E-state index in [4.69, 9.17) is 16.3 Å². The van der Waals surface area contributed by atoms with Crippen LogP contribution in [0, 0.1) is 5.82 Å². The number of halogens is 5. The summed E-state index contributed by atoms with van der Waals surface area (Å²) in [4.78, 5) is 14.8. The number of amides is 1. The van der Waals surface area contributed by atoms with Crippen molar-refractivity contribution in [2.45, 2.75) is 18.8 Å². The lowest BCUT2D eigenvalue weighted by Gasteiger charge is -2.42. The van der Waals surface area contributed by atoms with Crippen LogP contribution in [0.25, 0.3) is 0 Å². The molecule has 156 valence electrons. The Bertz CT molecular complexity index is 828. The average molecular weight is 431 g/mol. The average Bonchev–Trinajstić information content (AvgIpc) is 2.68. The molecule has 0 saturated carbocycles. The van der Waals surface area contributed by atoms with E-state index in [0.717, 1.165) is 4.90 Å². The highest BCUT2D eigenvalue weighted by Crippen LogP contribution is 2.29. The van der Waals surface area contributed by atoms with Gasteiger partial charge in [-0.2, -0.15) is 13.2 Å². The maximum Gasteiger partial charge on any atom is 0.410 e. The quantitative estimate of drug-likeness (QED) is 0.669. The van der Waals surface area contributed by atoms with Gasteiger partial charge in [-0.25, -0.2) is 4.39 Å². The molecule has 9 heteroatoms. The smallest absolute Gasteiger partial charge is 0.410 e. The lowest BCUT2D eigenvalue weighted by atomic mass is 10.1. The molecule has 0 N–H and O–H groups in total. The number of carbonyl (C=O) groups is 1. The number of rotatable bonds is 5. The second-order valence-corrected chi connectivity index (χ2v) is 7.19. The largest absolute Gasteiger partial charge is 0.484 e. The van der Waals surface area contributed by atoms with Crippen LogP contribution in [0.3, 0.4) is 0 Å². The van der Waals surface area contributed by atoms with E-state index in [1.54, 1.807) is 17.0 Å². The maximum absolute atomic E-state index is 13.6. The topological polar surface area (TPSA) is 32.8 Å². The van der Waals surface area contributed by atoms with E-state index in [0.29, 0.717) is 16.3 Å². The third kappa shape index (κ3) is 5.83. The molecule has 1 fully saturated rings. The van der Waals surface area contributed by atoms with Crippen LogP contribution < -0.4 is 4.74 Å². The SMILES string of the molecule is O=C(COc1ccc(Cl)cc1)N1CCN(Cc2ccc(F)cc2)CC1C(F)(F)F. The van der Waals surface area contributed by atoms with Gasteiger partial charge in [-0.1, -0.05) is 23.7 Å². The van der Waals surface area contributed by atoms with Crippen molar-refractivity contribution in [1.29, 1.82) is 0 Å². The second kappa shape index (κ2) is 9.00. The van der Waals surface area contributed by atoms with Gasteiger partial charge < -0.3 is 9.64 Å². The molecule has 0 radical (unpaired) electrons. The van der Waals surface area contributed by atoms with Crippen LogP contribution in [0.2, 0.25) is 5.02 Å². The van der Waals surface area contributed by atoms with Gasteiger partial charge in [-0.05, 0) is 42.0 Å². The molecule has 0 aliphatic carbocycles. The van der Waals surface area contributed by atoms with Gasteiger partial charge in [0.05, 0.1) is 0 Å². The normalized spacial score (nSPS) is 18.0. The minimum absolute atomic E-state index is 0.0752. The van der Waals surface area contributed by atoms with Crippen molar-refractivity contribution in [2.75, 3.05) is 26.2 Å². The molecule has 2 aromatic carbocycles. The number of hydrogen-bond donors (Lipinski definition) is 0. The number of nitrogens with zero attached hydrogens (tertiary/aromatic N) is 2. The van der Waals surface area contributed by atoms with Crippen molar-refractivity contribution in [3.05, 3.63) is 64.9 Å². The monoisotopic (exact) mass is 430 g/mol. The summed E-state index contributed by atoms with van der Waals surface area (Å²) in [5.74, 6) is -0.789. The van der Waals surface area contributed by atoms with Crippen LogP contribution in [0.15, 0.2) is 48.5 Å². The lowest BCUT2D eigenvalue weighted by Crippen LogP contribution is -2.61. The molecule has 3 rings (SSSR count). The molecule has 0 spiro atoms. The lowest BCUT2D eigenvalue weighted by molar-refractivity contribution is -0.202. The number of alkyl halides is 3. The standard InChI is InChI=1S/C20H19ClF4N2O2/c21-15-3-7-17(8-4-15)29-13-19(28)27-10-9-26(12-18(27)20(23,24)25)11-14-1-5-16(22)6-2-14/h1-8,18H,9-13H2. The molecule has 2 aromatic rings. The molecule has 1 aliphatic heterocycles. The van der Waals surface area contributed by atoms with Crippen LogP contribution in [-0.4, -0.2) is 54.2 Å². The summed E-state index contributed by atoms with van der Waals surface area (Å²) in [5.41, 5.74) is 0.707. The van der Waals surface area contributed by atoms with E-state index < -0.39 is 30.5 Å². The Hall–Kier alpha value is -2.32. The predicted molar refractivity (Wildman–Crippen MR) is 100 cm³/mol. The first-order chi connectivity index (χ1) is 13.7. The molecule has 1 heterocycles. The molecule has 1 saturated heterocycles. The third-order valence-electron chi connectivity index (χ3n) is 4.66. The van der Waals surface area contributed by atoms with E-state index in [2.05, 4.69) is 0 Å². The third-order valence-corrected chi connectivity index (χ3v) is 4.91. The molecule has 0 aromatic heterocycles. The second-order valence-electron chi connectivity index (χ2n) is 6.75. The summed E-state index contributed by atoms with van der Waals surface area (Å²) in [7, 11) is 0. The molecule has 29 heavy (non-hydrogen) atoms. The Morgan fingerprint density at radius 3 is 2.34 bits per heavy atom. The minimum atomic E-state index is -4.57. The van der Waals surface area contributed by atoms with Crippen LogP contribution in [0.4, 0.5) is 17.6 Å². The molecule has 0 bridgehead atoms. The summed E-state index contributed by atoms with van der Waals surface area (Å²) in [6.45, 7) is -0.402. The predicted octanol–water partition coefficient (Wildman–Crippen LogP) is 4.13. The van der Waals surface area contributed by atoms with Crippen molar-refractivity contribution in [2.24, 2.45) is 0 Å². The van der Waals surface area contributed by atoms with Crippen molar-refractivity contribution in [3.63, 3.8) is 0 Å². The zero-order valence-electron chi connectivity index (χ0n) is 15.3. The van der Waals surface area contributed by atoms with E-state index in [9.17, 15) is 22.4 Å². The number of ether oxygens (including phenoxy) is 1. The fraction of sp³-hybridized carbons (Fsp3) is 0.350. The van der Waals surface area contributed by atoms with Gasteiger partial charge in [-0.15, -0.1) is 0 Å². The van der Waals surface area contributed by atoms with Gasteiger partial charge in [0.25, 0.3) is 5.91 Å². The van der Waals surface area contributed by atoms with Gasteiger partial charge in [0.2, 0.25) is 0 Å². The van der Waals surface area contributed by atoms with Crippen LogP contribution in [0.5, 0.6) is 5.75 Å². The fourth-order valence-electron chi connectivity index (χ4n) is 3.17. The molecule has 4 nitrogen and oxygen atoms in total. The van der Waals surface area contributed by atoms with Crippen molar-refractivity contribution in [1.82, 2.24) is 9.80 Å². The minimum Gasteiger partial charge on any atom is -0.484 e. The van der Waals surface area contributed by atoms with Crippen LogP contribution in [-0.2, 0) is 11.3 Å². The van der Waals surface area contributed by atoms with E-state index >= 15 is 0 Å². The summed E-state index contributed by atoms with van der Waals surface area (Å²) in [6.07, 6.45) is -4.57. The van der Waals surface area contributed by atoms with Crippen molar-refractivity contribution >= 4 is 17.5 Å². The Morgan fingerprint density at radius 2 is 1.72 bits per heavy atom. The number of piperazine rings is 1. The van der Waals surface area contributed by atoms with Gasteiger partial charge in [-0.3, -0.25) is 9.69 Å². The number of hydrogen-bond acceptors (Lipinski definition) is 3. The highest BCUT2D eigenvalue weighted by molar-refractivity contribution is 6.30. The zero-order valence-corrected chi connectivity index (χ0v) is 16.1. The van der Waals surface area contributed by atoms with Crippen LogP contribution >= 0.6 is 11.6 Å². The zero-order chi connectivity index (χ0) is 21.0. The highest BCUT2D eigenvalue weighted by atomic mass is 35.5. The maximum atomic E-state index is 13.6. The number of benzene rings is 2. The first kappa shape index (κ1) is 21.4. The van der Waals surface area contributed by atoms with Crippen molar-refractivity contribution in [3.8, 4) is 5.75 Å². The van der Waals surface area contributed by atoms with E-state index in [-0.39, 0.29) is 26.2 Å². The Balaban J connectivity index is 1.63. The number of carbonyl (C=O) groups excluding carboxylic acids is 1. The Labute approximate surface area is 170 Å². The molecular weight excluding hydrogens is 412 g/mol. The Kier molecular flexibility index (Phi) is 6.64. The van der Waals surface area contributed by atoms with Crippen molar-refractivity contribution < 1.29 is 27.1 Å². The summed E-state index contributed by atoms with van der Waals surface area (Å²) in [5, 5.41) is 0.484. The molecule has 1 unspecified atom stereocenters. The molecule has 1 atom stereocenters. The van der Waals surface area contributed by atoms with Gasteiger partial charge in [0.15, 0.2) is 6.61 Å². The first-order valence-corrected chi connectivity index (χ1v) is 9.31.